The number of methoxy groups -OCH3 is 1. The average Bonchev–Trinajstić information content (AvgIpc) is 1.81. The molecular weight excluding hydrogens is 183 g/mol. The summed E-state index contributed by atoms with van der Waals surface area (Å²) in [5.74, 6) is -1.24. The summed E-state index contributed by atoms with van der Waals surface area (Å²) < 4.78 is 32.3. The van der Waals surface area contributed by atoms with Crippen LogP contribution in [0.25, 0.3) is 0 Å². The molecule has 0 spiro atoms. The van der Waals surface area contributed by atoms with Gasteiger partial charge in [0.15, 0.2) is 0 Å². The quantitative estimate of drug-likeness (QED) is 0.344. The molecule has 5 nitrogen and oxygen atoms in total. The number of carbonyl (C=O) groups excluding carboxylic acids is 1. The molecule has 7 heteroatoms. The van der Waals surface area contributed by atoms with E-state index >= 15 is 0 Å². The predicted molar refractivity (Wildman–Crippen MR) is 40.2 cm³/mol. The van der Waals surface area contributed by atoms with Crippen molar-refractivity contribution in [2.45, 2.75) is 6.42 Å². The Hall–Kier alpha value is 0.380. The summed E-state index contributed by atoms with van der Waals surface area (Å²) in [7, 11) is -2.88. The molecule has 1 N–H and O–H groups in total. The van der Waals surface area contributed by atoms with Gasteiger partial charge in [-0.3, -0.25) is 9.35 Å². The maximum absolute atomic E-state index is 10.3. The van der Waals surface area contributed by atoms with Gasteiger partial charge >= 0.3 is 35.5 Å². The van der Waals surface area contributed by atoms with Gasteiger partial charge in [0.05, 0.1) is 19.3 Å². The van der Waals surface area contributed by atoms with E-state index in [1.165, 1.54) is 0 Å². The van der Waals surface area contributed by atoms with E-state index < -0.39 is 21.8 Å². The van der Waals surface area contributed by atoms with Crippen LogP contribution in [-0.4, -0.2) is 61.4 Å². The SMILES string of the molecule is COC(=O)CCS(=O)(=O)O.[NaH]. The Kier molecular flexibility index (Phi) is 7.55. The minimum atomic E-state index is -4.03. The van der Waals surface area contributed by atoms with E-state index in [4.69, 9.17) is 4.55 Å². The summed E-state index contributed by atoms with van der Waals surface area (Å²) in [6, 6.07) is 0. The van der Waals surface area contributed by atoms with E-state index in [1.807, 2.05) is 0 Å². The van der Waals surface area contributed by atoms with Gasteiger partial charge in [-0.1, -0.05) is 0 Å². The van der Waals surface area contributed by atoms with Crippen LogP contribution in [0.5, 0.6) is 0 Å². The van der Waals surface area contributed by atoms with Crippen LogP contribution >= 0.6 is 0 Å². The number of hydrogen-bond donors (Lipinski definition) is 1. The molecule has 0 radical (unpaired) electrons. The van der Waals surface area contributed by atoms with Gasteiger partial charge in [0.25, 0.3) is 10.1 Å². The van der Waals surface area contributed by atoms with Gasteiger partial charge in [0.1, 0.15) is 0 Å². The van der Waals surface area contributed by atoms with Gasteiger partial charge in [-0.15, -0.1) is 0 Å². The molecule has 62 valence electrons. The van der Waals surface area contributed by atoms with E-state index in [-0.39, 0.29) is 36.0 Å². The van der Waals surface area contributed by atoms with Crippen LogP contribution in [0.4, 0.5) is 0 Å². The van der Waals surface area contributed by atoms with Crippen LogP contribution in [0.15, 0.2) is 0 Å². The molecule has 0 heterocycles. The summed E-state index contributed by atoms with van der Waals surface area (Å²) in [6.07, 6.45) is -0.310. The van der Waals surface area contributed by atoms with Gasteiger partial charge in [-0.05, 0) is 0 Å². The average molecular weight is 192 g/mol. The van der Waals surface area contributed by atoms with Crippen LogP contribution < -0.4 is 0 Å². The number of carbonyl (C=O) groups is 1. The molecule has 0 amide bonds. The maximum atomic E-state index is 10.3. The fourth-order valence-corrected chi connectivity index (χ4v) is 0.739. The van der Waals surface area contributed by atoms with E-state index in [1.54, 1.807) is 0 Å². The molecule has 0 aliphatic rings. The Morgan fingerprint density at radius 3 is 2.27 bits per heavy atom. The standard InChI is InChI=1S/C4H8O5S.Na.H/c1-9-4(5)2-3-10(6,7)8;;/h2-3H2,1H3,(H,6,7,8);;. The first kappa shape index (κ1) is 13.9. The molecule has 0 aliphatic carbocycles. The Bertz CT molecular complexity index is 209. The molecule has 0 unspecified atom stereocenters. The predicted octanol–water partition coefficient (Wildman–Crippen LogP) is -1.21. The van der Waals surface area contributed by atoms with Crippen molar-refractivity contribution >= 4 is 45.6 Å². The molecule has 0 aliphatic heterocycles. The van der Waals surface area contributed by atoms with Gasteiger partial charge in [-0.2, -0.15) is 8.42 Å². The topological polar surface area (TPSA) is 80.7 Å². The van der Waals surface area contributed by atoms with Gasteiger partial charge in [0, 0.05) is 0 Å². The molecular formula is C4H9NaO5S. The van der Waals surface area contributed by atoms with Crippen molar-refractivity contribution in [2.24, 2.45) is 0 Å². The first-order chi connectivity index (χ1) is 4.45. The molecule has 0 fully saturated rings. The Labute approximate surface area is 87.2 Å². The molecule has 0 atom stereocenters. The van der Waals surface area contributed by atoms with Crippen molar-refractivity contribution in [1.29, 1.82) is 0 Å². The Balaban J connectivity index is 0. The van der Waals surface area contributed by atoms with Crippen molar-refractivity contribution in [1.82, 2.24) is 0 Å². The molecule has 0 aromatic heterocycles. The van der Waals surface area contributed by atoms with Crippen LogP contribution in [0.2, 0.25) is 0 Å². The zero-order chi connectivity index (χ0) is 8.20. The number of ether oxygens (including phenoxy) is 1. The zero-order valence-corrected chi connectivity index (χ0v) is 6.22. The number of rotatable bonds is 3. The number of hydrogen-bond acceptors (Lipinski definition) is 4. The van der Waals surface area contributed by atoms with E-state index in [0.717, 1.165) is 7.11 Å². The van der Waals surface area contributed by atoms with Crippen molar-refractivity contribution in [3.63, 3.8) is 0 Å². The van der Waals surface area contributed by atoms with Crippen LogP contribution in [0.1, 0.15) is 6.42 Å². The summed E-state index contributed by atoms with van der Waals surface area (Å²) in [5.41, 5.74) is 0. The van der Waals surface area contributed by atoms with Crippen LogP contribution in [-0.2, 0) is 19.6 Å². The van der Waals surface area contributed by atoms with Crippen molar-refractivity contribution in [2.75, 3.05) is 12.9 Å². The second-order valence-electron chi connectivity index (χ2n) is 1.61. The molecule has 0 saturated carbocycles. The molecule has 0 rings (SSSR count). The minimum absolute atomic E-state index is 0. The Morgan fingerprint density at radius 1 is 1.55 bits per heavy atom. The number of esters is 1. The van der Waals surface area contributed by atoms with Crippen molar-refractivity contribution in [3.05, 3.63) is 0 Å². The van der Waals surface area contributed by atoms with Gasteiger partial charge in [0.2, 0.25) is 0 Å². The molecule has 0 saturated heterocycles. The fourth-order valence-electron chi connectivity index (χ4n) is 0.314. The molecule has 0 aromatic carbocycles. The summed E-state index contributed by atoms with van der Waals surface area (Å²) >= 11 is 0. The fraction of sp³-hybridized carbons (Fsp3) is 0.750. The molecule has 0 bridgehead atoms. The summed E-state index contributed by atoms with van der Waals surface area (Å²) in [5, 5.41) is 0. The third-order valence-electron chi connectivity index (χ3n) is 0.792. The van der Waals surface area contributed by atoms with Crippen molar-refractivity contribution < 1.29 is 22.5 Å². The van der Waals surface area contributed by atoms with Crippen molar-refractivity contribution in [3.8, 4) is 0 Å². The van der Waals surface area contributed by atoms with E-state index in [2.05, 4.69) is 4.74 Å². The van der Waals surface area contributed by atoms with Gasteiger partial charge < -0.3 is 4.74 Å². The monoisotopic (exact) mass is 192 g/mol. The normalized spacial score (nSPS) is 10.0. The summed E-state index contributed by atoms with van der Waals surface area (Å²) in [6.45, 7) is 0. The third-order valence-corrected chi connectivity index (χ3v) is 1.51. The van der Waals surface area contributed by atoms with E-state index in [9.17, 15) is 13.2 Å². The first-order valence-corrected chi connectivity index (χ1v) is 4.08. The summed E-state index contributed by atoms with van der Waals surface area (Å²) in [4.78, 5) is 10.3. The molecule has 0 aromatic rings. The molecule has 11 heavy (non-hydrogen) atoms. The first-order valence-electron chi connectivity index (χ1n) is 2.47. The second-order valence-corrected chi connectivity index (χ2v) is 3.18. The van der Waals surface area contributed by atoms with Gasteiger partial charge in [-0.25, -0.2) is 0 Å². The zero-order valence-electron chi connectivity index (χ0n) is 5.40. The second kappa shape index (κ2) is 5.96. The third kappa shape index (κ3) is 10.4. The van der Waals surface area contributed by atoms with E-state index in [0.29, 0.717) is 0 Å². The Morgan fingerprint density at radius 2 is 2.00 bits per heavy atom. The van der Waals surface area contributed by atoms with Crippen LogP contribution in [0, 0.1) is 0 Å². The van der Waals surface area contributed by atoms with Crippen LogP contribution in [0.3, 0.4) is 0 Å².